The van der Waals surface area contributed by atoms with Crippen molar-refractivity contribution in [3.05, 3.63) is 0 Å². The Morgan fingerprint density at radius 2 is 1.81 bits per heavy atom. The SMILES string of the molecule is C#C[C@]1(CC(C)=O)CCC2C3CC[C@H]4C[C@H](O)CC[C@]4(C)C3CC[C@@]21C. The van der Waals surface area contributed by atoms with E-state index in [4.69, 9.17) is 6.42 Å². The van der Waals surface area contributed by atoms with Crippen LogP contribution in [-0.2, 0) is 4.79 Å². The zero-order valence-corrected chi connectivity index (χ0v) is 16.9. The van der Waals surface area contributed by atoms with Crippen LogP contribution in [0.25, 0.3) is 0 Å². The maximum Gasteiger partial charge on any atom is 0.131 e. The monoisotopic (exact) mass is 356 g/mol. The van der Waals surface area contributed by atoms with Gasteiger partial charge in [-0.05, 0) is 99.2 Å². The molecule has 4 aliphatic rings. The summed E-state index contributed by atoms with van der Waals surface area (Å²) in [5, 5.41) is 10.2. The molecular formula is C24H36O2. The van der Waals surface area contributed by atoms with E-state index in [9.17, 15) is 9.90 Å². The third-order valence-electron chi connectivity index (χ3n) is 9.83. The van der Waals surface area contributed by atoms with Gasteiger partial charge in [-0.2, -0.15) is 0 Å². The molecule has 0 amide bonds. The highest BCUT2D eigenvalue weighted by molar-refractivity contribution is 5.77. The number of hydrogen-bond donors (Lipinski definition) is 1. The number of fused-ring (bicyclic) bond motifs is 5. The molecule has 0 radical (unpaired) electrons. The Labute approximate surface area is 159 Å². The Morgan fingerprint density at radius 1 is 1.08 bits per heavy atom. The first-order valence-electron chi connectivity index (χ1n) is 10.9. The van der Waals surface area contributed by atoms with Crippen LogP contribution in [0.5, 0.6) is 0 Å². The van der Waals surface area contributed by atoms with Gasteiger partial charge in [0.15, 0.2) is 0 Å². The van der Waals surface area contributed by atoms with E-state index in [2.05, 4.69) is 19.8 Å². The average Bonchev–Trinajstić information content (AvgIpc) is 2.88. The minimum absolute atomic E-state index is 0.0744. The Kier molecular flexibility index (Phi) is 4.35. The predicted octanol–water partition coefficient (Wildman–Crippen LogP) is 4.99. The standard InChI is InChI=1S/C24H36O2/c1-5-24(15-16(2)25)13-10-21-19-7-6-17-14-18(26)8-11-22(17,3)20(19)9-12-23(21,24)4/h1,17-21,26H,6-15H2,2-4H3/t17-,18+,19?,20?,21?,22-,23-,24+/m0/s1. The molecule has 2 heteroatoms. The van der Waals surface area contributed by atoms with E-state index < -0.39 is 0 Å². The Hall–Kier alpha value is -0.810. The number of Topliss-reactive ketones (excluding diaryl/α,β-unsaturated/α-hetero) is 1. The second kappa shape index (κ2) is 6.10. The summed E-state index contributed by atoms with van der Waals surface area (Å²) in [6, 6.07) is 0. The molecule has 4 aliphatic carbocycles. The van der Waals surface area contributed by atoms with Gasteiger partial charge < -0.3 is 5.11 Å². The Morgan fingerprint density at radius 3 is 2.50 bits per heavy atom. The molecule has 0 saturated heterocycles. The summed E-state index contributed by atoms with van der Waals surface area (Å²) < 4.78 is 0. The summed E-state index contributed by atoms with van der Waals surface area (Å²) in [4.78, 5) is 12.0. The van der Waals surface area contributed by atoms with Gasteiger partial charge in [0.2, 0.25) is 0 Å². The van der Waals surface area contributed by atoms with Crippen LogP contribution in [0.4, 0.5) is 0 Å². The van der Waals surface area contributed by atoms with Crippen molar-refractivity contribution in [3.63, 3.8) is 0 Å². The fourth-order valence-corrected chi connectivity index (χ4v) is 8.37. The van der Waals surface area contributed by atoms with E-state index in [0.29, 0.717) is 23.7 Å². The quantitative estimate of drug-likeness (QED) is 0.708. The van der Waals surface area contributed by atoms with Gasteiger partial charge in [0, 0.05) is 11.8 Å². The number of carbonyl (C=O) groups is 1. The first-order valence-corrected chi connectivity index (χ1v) is 10.9. The van der Waals surface area contributed by atoms with Gasteiger partial charge in [0.1, 0.15) is 5.78 Å². The maximum absolute atomic E-state index is 12.0. The molecule has 4 fully saturated rings. The van der Waals surface area contributed by atoms with E-state index in [1.54, 1.807) is 6.92 Å². The molecule has 0 aliphatic heterocycles. The van der Waals surface area contributed by atoms with Crippen molar-refractivity contribution in [2.24, 2.45) is 39.9 Å². The second-order valence-corrected chi connectivity index (χ2v) is 10.7. The van der Waals surface area contributed by atoms with Gasteiger partial charge in [-0.15, -0.1) is 6.42 Å². The molecule has 0 aromatic heterocycles. The van der Waals surface area contributed by atoms with Crippen molar-refractivity contribution in [1.29, 1.82) is 0 Å². The number of hydrogen-bond acceptors (Lipinski definition) is 2. The smallest absolute Gasteiger partial charge is 0.131 e. The van der Waals surface area contributed by atoms with Crippen LogP contribution < -0.4 is 0 Å². The van der Waals surface area contributed by atoms with Gasteiger partial charge in [0.25, 0.3) is 0 Å². The van der Waals surface area contributed by atoms with Crippen LogP contribution >= 0.6 is 0 Å². The number of ketones is 1. The van der Waals surface area contributed by atoms with E-state index in [0.717, 1.165) is 31.1 Å². The van der Waals surface area contributed by atoms with Crippen LogP contribution in [-0.4, -0.2) is 17.0 Å². The first kappa shape index (κ1) is 18.5. The van der Waals surface area contributed by atoms with Gasteiger partial charge in [0.05, 0.1) is 6.10 Å². The van der Waals surface area contributed by atoms with Crippen molar-refractivity contribution >= 4 is 5.78 Å². The lowest BCUT2D eigenvalue weighted by atomic mass is 9.43. The van der Waals surface area contributed by atoms with E-state index in [-0.39, 0.29) is 22.7 Å². The van der Waals surface area contributed by atoms with Crippen molar-refractivity contribution in [2.45, 2.75) is 91.1 Å². The van der Waals surface area contributed by atoms with Crippen molar-refractivity contribution in [2.75, 3.05) is 0 Å². The minimum Gasteiger partial charge on any atom is -0.393 e. The number of aliphatic hydroxyl groups excluding tert-OH is 1. The lowest BCUT2D eigenvalue weighted by Crippen LogP contribution is -2.55. The zero-order chi connectivity index (χ0) is 18.7. The van der Waals surface area contributed by atoms with Crippen LogP contribution in [0.2, 0.25) is 0 Å². The number of aliphatic hydroxyl groups is 1. The fourth-order valence-electron chi connectivity index (χ4n) is 8.37. The molecule has 0 heterocycles. The second-order valence-electron chi connectivity index (χ2n) is 10.7. The highest BCUT2D eigenvalue weighted by Gasteiger charge is 2.64. The average molecular weight is 357 g/mol. The maximum atomic E-state index is 12.0. The molecule has 8 atom stereocenters. The van der Waals surface area contributed by atoms with Crippen LogP contribution in [0.1, 0.15) is 85.0 Å². The molecule has 4 saturated carbocycles. The minimum atomic E-state index is -0.213. The molecule has 144 valence electrons. The molecule has 26 heavy (non-hydrogen) atoms. The fraction of sp³-hybridized carbons (Fsp3) is 0.875. The Bertz CT molecular complexity index is 633. The van der Waals surface area contributed by atoms with Gasteiger partial charge in [-0.1, -0.05) is 19.8 Å². The van der Waals surface area contributed by atoms with Gasteiger partial charge >= 0.3 is 0 Å². The highest BCUT2D eigenvalue weighted by Crippen LogP contribution is 2.71. The lowest BCUT2D eigenvalue weighted by molar-refractivity contribution is -0.136. The summed E-state index contributed by atoms with van der Waals surface area (Å²) in [6.45, 7) is 6.66. The van der Waals surface area contributed by atoms with E-state index >= 15 is 0 Å². The van der Waals surface area contributed by atoms with Crippen molar-refractivity contribution in [3.8, 4) is 12.3 Å². The Balaban J connectivity index is 1.64. The summed E-state index contributed by atoms with van der Waals surface area (Å²) >= 11 is 0. The molecule has 4 rings (SSSR count). The summed E-state index contributed by atoms with van der Waals surface area (Å²) in [7, 11) is 0. The molecule has 0 spiro atoms. The van der Waals surface area contributed by atoms with E-state index in [1.807, 2.05) is 0 Å². The number of rotatable bonds is 2. The van der Waals surface area contributed by atoms with Crippen LogP contribution in [0, 0.1) is 52.3 Å². The predicted molar refractivity (Wildman–Crippen MR) is 104 cm³/mol. The molecule has 0 aromatic carbocycles. The van der Waals surface area contributed by atoms with Crippen molar-refractivity contribution in [1.82, 2.24) is 0 Å². The molecule has 3 unspecified atom stereocenters. The normalized spacial score (nSPS) is 53.1. The van der Waals surface area contributed by atoms with E-state index in [1.165, 1.54) is 38.5 Å². The van der Waals surface area contributed by atoms with Gasteiger partial charge in [-0.3, -0.25) is 4.79 Å². The molecule has 0 aromatic rings. The number of carbonyl (C=O) groups excluding carboxylic acids is 1. The molecule has 0 bridgehead atoms. The number of terminal acetylenes is 1. The molecule has 1 N–H and O–H groups in total. The summed E-state index contributed by atoms with van der Waals surface area (Å²) in [5.41, 5.74) is 0.326. The third-order valence-corrected chi connectivity index (χ3v) is 9.83. The highest BCUT2D eigenvalue weighted by atomic mass is 16.3. The summed E-state index contributed by atoms with van der Waals surface area (Å²) in [5.74, 6) is 6.36. The summed E-state index contributed by atoms with van der Waals surface area (Å²) in [6.07, 6.45) is 17.0. The topological polar surface area (TPSA) is 37.3 Å². The third kappa shape index (κ3) is 2.39. The lowest BCUT2D eigenvalue weighted by Gasteiger charge is -2.61. The largest absolute Gasteiger partial charge is 0.393 e. The van der Waals surface area contributed by atoms with Crippen LogP contribution in [0.15, 0.2) is 0 Å². The zero-order valence-electron chi connectivity index (χ0n) is 16.9. The van der Waals surface area contributed by atoms with Crippen molar-refractivity contribution < 1.29 is 9.90 Å². The first-order chi connectivity index (χ1) is 12.3. The molecule has 2 nitrogen and oxygen atoms in total. The van der Waals surface area contributed by atoms with Gasteiger partial charge in [-0.25, -0.2) is 0 Å². The van der Waals surface area contributed by atoms with Crippen LogP contribution in [0.3, 0.4) is 0 Å². The molecular weight excluding hydrogens is 320 g/mol.